The van der Waals surface area contributed by atoms with Gasteiger partial charge in [-0.3, -0.25) is 9.59 Å². The zero-order chi connectivity index (χ0) is 10.7. The fourth-order valence-corrected chi connectivity index (χ4v) is 1.61. The highest BCUT2D eigenvalue weighted by Gasteiger charge is 2.21. The summed E-state index contributed by atoms with van der Waals surface area (Å²) < 4.78 is 0. The third-order valence-corrected chi connectivity index (χ3v) is 2.38. The number of aromatic amines is 1. The van der Waals surface area contributed by atoms with Crippen molar-refractivity contribution in [2.45, 2.75) is 6.42 Å². The van der Waals surface area contributed by atoms with Gasteiger partial charge in [-0.2, -0.15) is 0 Å². The maximum atomic E-state index is 11.9. The molecule has 0 aromatic carbocycles. The lowest BCUT2D eigenvalue weighted by molar-refractivity contribution is -0.121. The normalized spacial score (nSPS) is 17.1. The molecule has 2 N–H and O–H groups in total. The van der Waals surface area contributed by atoms with Gasteiger partial charge in [-0.15, -0.1) is 0 Å². The number of rotatable bonds is 1. The second-order valence-corrected chi connectivity index (χ2v) is 3.51. The van der Waals surface area contributed by atoms with E-state index in [4.69, 9.17) is 0 Å². The van der Waals surface area contributed by atoms with Gasteiger partial charge in [-0.05, 0) is 18.6 Å². The highest BCUT2D eigenvalue weighted by atomic mass is 16.2. The quantitative estimate of drug-likeness (QED) is 0.679. The molecule has 1 saturated heterocycles. The number of hydrogen-bond acceptors (Lipinski definition) is 2. The van der Waals surface area contributed by atoms with Gasteiger partial charge in [0.1, 0.15) is 5.69 Å². The van der Waals surface area contributed by atoms with E-state index < -0.39 is 0 Å². The Labute approximate surface area is 87.5 Å². The lowest BCUT2D eigenvalue weighted by atomic mass is 10.3. The fraction of sp³-hybridized carbons (Fsp3) is 0.400. The lowest BCUT2D eigenvalue weighted by Gasteiger charge is -2.17. The minimum Gasteiger partial charge on any atom is -0.357 e. The van der Waals surface area contributed by atoms with Crippen LogP contribution in [0, 0.1) is 0 Å². The van der Waals surface area contributed by atoms with Gasteiger partial charge >= 0.3 is 0 Å². The third kappa shape index (κ3) is 2.18. The van der Waals surface area contributed by atoms with E-state index in [1.165, 1.54) is 0 Å². The van der Waals surface area contributed by atoms with Crippen LogP contribution < -0.4 is 5.32 Å². The van der Waals surface area contributed by atoms with Crippen molar-refractivity contribution in [2.24, 2.45) is 0 Å². The fourth-order valence-electron chi connectivity index (χ4n) is 1.61. The van der Waals surface area contributed by atoms with E-state index >= 15 is 0 Å². The van der Waals surface area contributed by atoms with E-state index in [0.717, 1.165) is 6.42 Å². The highest BCUT2D eigenvalue weighted by Crippen LogP contribution is 2.04. The zero-order valence-corrected chi connectivity index (χ0v) is 8.32. The van der Waals surface area contributed by atoms with E-state index in [1.807, 2.05) is 0 Å². The van der Waals surface area contributed by atoms with Crippen LogP contribution in [0.4, 0.5) is 0 Å². The molecule has 5 heteroatoms. The van der Waals surface area contributed by atoms with Crippen molar-refractivity contribution < 1.29 is 9.59 Å². The third-order valence-electron chi connectivity index (χ3n) is 2.38. The van der Waals surface area contributed by atoms with Gasteiger partial charge in [0.25, 0.3) is 5.91 Å². The first-order valence-corrected chi connectivity index (χ1v) is 4.97. The predicted octanol–water partition coefficient (Wildman–Crippen LogP) is -0.0232. The van der Waals surface area contributed by atoms with E-state index in [2.05, 4.69) is 10.3 Å². The Balaban J connectivity index is 2.09. The van der Waals surface area contributed by atoms with Crippen molar-refractivity contribution in [1.82, 2.24) is 15.2 Å². The molecule has 0 unspecified atom stereocenters. The maximum Gasteiger partial charge on any atom is 0.270 e. The average molecular weight is 207 g/mol. The van der Waals surface area contributed by atoms with Crippen LogP contribution in [0.25, 0.3) is 0 Å². The predicted molar refractivity (Wildman–Crippen MR) is 54.3 cm³/mol. The molecule has 1 fully saturated rings. The maximum absolute atomic E-state index is 11.9. The lowest BCUT2D eigenvalue weighted by Crippen LogP contribution is -2.37. The smallest absolute Gasteiger partial charge is 0.270 e. The van der Waals surface area contributed by atoms with Gasteiger partial charge < -0.3 is 15.2 Å². The topological polar surface area (TPSA) is 65.2 Å². The molecule has 15 heavy (non-hydrogen) atoms. The van der Waals surface area contributed by atoms with Gasteiger partial charge in [0.15, 0.2) is 0 Å². The standard InChI is InChI=1S/C10H13N3O2/c14-9-7-13(6-2-5-12-9)10(15)8-3-1-4-11-8/h1,3-4,11H,2,5-7H2,(H,12,14). The number of hydrogen-bond donors (Lipinski definition) is 2. The van der Waals surface area contributed by atoms with E-state index in [0.29, 0.717) is 18.8 Å². The molecule has 2 amide bonds. The molecule has 1 aliphatic rings. The van der Waals surface area contributed by atoms with Crippen LogP contribution in [0.15, 0.2) is 18.3 Å². The van der Waals surface area contributed by atoms with Gasteiger partial charge in [-0.1, -0.05) is 0 Å². The van der Waals surface area contributed by atoms with Crippen molar-refractivity contribution in [1.29, 1.82) is 0 Å². The molecule has 1 aromatic heterocycles. The monoisotopic (exact) mass is 207 g/mol. The minimum atomic E-state index is -0.114. The Kier molecular flexibility index (Phi) is 2.71. The second-order valence-electron chi connectivity index (χ2n) is 3.51. The summed E-state index contributed by atoms with van der Waals surface area (Å²) in [5, 5.41) is 2.73. The number of amides is 2. The van der Waals surface area contributed by atoms with Crippen LogP contribution in [-0.2, 0) is 4.79 Å². The second kappa shape index (κ2) is 4.16. The largest absolute Gasteiger partial charge is 0.357 e. The summed E-state index contributed by atoms with van der Waals surface area (Å²) in [6.07, 6.45) is 2.50. The molecule has 5 nitrogen and oxygen atoms in total. The molecule has 1 aliphatic heterocycles. The molecule has 0 atom stereocenters. The molecule has 1 aromatic rings. The van der Waals surface area contributed by atoms with Crippen molar-refractivity contribution in [3.8, 4) is 0 Å². The number of H-pyrrole nitrogens is 1. The van der Waals surface area contributed by atoms with Gasteiger partial charge in [0, 0.05) is 19.3 Å². The van der Waals surface area contributed by atoms with Crippen LogP contribution in [0.2, 0.25) is 0 Å². The molecule has 0 radical (unpaired) electrons. The van der Waals surface area contributed by atoms with Crippen LogP contribution in [0.1, 0.15) is 16.9 Å². The molecule has 0 bridgehead atoms. The summed E-state index contributed by atoms with van der Waals surface area (Å²) in [6.45, 7) is 1.42. The molecule has 0 spiro atoms. The zero-order valence-electron chi connectivity index (χ0n) is 8.32. The highest BCUT2D eigenvalue weighted by molar-refractivity contribution is 5.95. The Morgan fingerprint density at radius 1 is 1.47 bits per heavy atom. The molecular formula is C10H13N3O2. The number of aromatic nitrogens is 1. The number of nitrogens with one attached hydrogen (secondary N) is 2. The summed E-state index contributed by atoms with van der Waals surface area (Å²) in [6, 6.07) is 3.48. The van der Waals surface area contributed by atoms with Crippen LogP contribution in [0.3, 0.4) is 0 Å². The Hall–Kier alpha value is -1.78. The summed E-state index contributed by atoms with van der Waals surface area (Å²) in [4.78, 5) is 27.5. The number of carbonyl (C=O) groups is 2. The van der Waals surface area contributed by atoms with Crippen molar-refractivity contribution in [2.75, 3.05) is 19.6 Å². The summed E-state index contributed by atoms with van der Waals surface area (Å²) in [7, 11) is 0. The van der Waals surface area contributed by atoms with Crippen LogP contribution >= 0.6 is 0 Å². The van der Waals surface area contributed by atoms with E-state index in [1.54, 1.807) is 23.2 Å². The first kappa shape index (κ1) is 9.76. The van der Waals surface area contributed by atoms with Gasteiger partial charge in [0.2, 0.25) is 5.91 Å². The minimum absolute atomic E-state index is 0.0904. The molecule has 0 aliphatic carbocycles. The first-order valence-electron chi connectivity index (χ1n) is 4.97. The Bertz CT molecular complexity index is 359. The van der Waals surface area contributed by atoms with Gasteiger partial charge in [0.05, 0.1) is 6.54 Å². The summed E-state index contributed by atoms with van der Waals surface area (Å²) >= 11 is 0. The molecule has 2 rings (SSSR count). The molecule has 2 heterocycles. The average Bonchev–Trinajstić information content (AvgIpc) is 2.67. The van der Waals surface area contributed by atoms with Crippen molar-refractivity contribution in [3.63, 3.8) is 0 Å². The van der Waals surface area contributed by atoms with Crippen LogP contribution in [0.5, 0.6) is 0 Å². The van der Waals surface area contributed by atoms with E-state index in [9.17, 15) is 9.59 Å². The molecule has 80 valence electrons. The van der Waals surface area contributed by atoms with Gasteiger partial charge in [-0.25, -0.2) is 0 Å². The summed E-state index contributed by atoms with van der Waals surface area (Å²) in [5.74, 6) is -0.204. The summed E-state index contributed by atoms with van der Waals surface area (Å²) in [5.41, 5.74) is 0.532. The van der Waals surface area contributed by atoms with Crippen molar-refractivity contribution in [3.05, 3.63) is 24.0 Å². The molecular weight excluding hydrogens is 194 g/mol. The first-order chi connectivity index (χ1) is 7.27. The number of nitrogens with zero attached hydrogens (tertiary/aromatic N) is 1. The Morgan fingerprint density at radius 2 is 2.33 bits per heavy atom. The Morgan fingerprint density at radius 3 is 3.07 bits per heavy atom. The van der Waals surface area contributed by atoms with Crippen molar-refractivity contribution >= 4 is 11.8 Å². The van der Waals surface area contributed by atoms with Crippen LogP contribution in [-0.4, -0.2) is 41.3 Å². The number of carbonyl (C=O) groups excluding carboxylic acids is 2. The van der Waals surface area contributed by atoms with E-state index in [-0.39, 0.29) is 18.4 Å². The molecule has 0 saturated carbocycles. The SMILES string of the molecule is O=C1CN(C(=O)c2ccc[nH]2)CCCN1.